The Hall–Kier alpha value is -1.31. The molecule has 1 atom stereocenters. The van der Waals surface area contributed by atoms with E-state index in [9.17, 15) is 0 Å². The van der Waals surface area contributed by atoms with Crippen molar-refractivity contribution in [1.82, 2.24) is 5.32 Å². The van der Waals surface area contributed by atoms with Gasteiger partial charge in [0.25, 0.3) is 0 Å². The number of rotatable bonds is 3. The second-order valence-electron chi connectivity index (χ2n) is 4.33. The molecule has 0 bridgehead atoms. The number of hydrogen-bond donors (Lipinski definition) is 1. The van der Waals surface area contributed by atoms with E-state index in [0.29, 0.717) is 11.8 Å². The maximum atomic E-state index is 4.54. The Morgan fingerprint density at radius 1 is 1.20 bits per heavy atom. The first-order valence-electron chi connectivity index (χ1n) is 5.62. The van der Waals surface area contributed by atoms with Crippen molar-refractivity contribution in [2.75, 3.05) is 13.1 Å². The van der Waals surface area contributed by atoms with Gasteiger partial charge in [-0.1, -0.05) is 44.2 Å². The first-order chi connectivity index (χ1) is 7.29. The van der Waals surface area contributed by atoms with Crippen LogP contribution in [0.3, 0.4) is 0 Å². The first-order valence-corrected chi connectivity index (χ1v) is 5.62. The summed E-state index contributed by atoms with van der Waals surface area (Å²) in [6.45, 7) is 6.41. The van der Waals surface area contributed by atoms with Crippen LogP contribution in [0.2, 0.25) is 0 Å². The van der Waals surface area contributed by atoms with Crippen LogP contribution in [-0.4, -0.2) is 18.9 Å². The van der Waals surface area contributed by atoms with Crippen LogP contribution in [0.4, 0.5) is 0 Å². The van der Waals surface area contributed by atoms with E-state index in [0.717, 1.165) is 18.9 Å². The Labute approximate surface area is 91.4 Å². The summed E-state index contributed by atoms with van der Waals surface area (Å²) in [6.07, 6.45) is 0. The predicted octanol–water partition coefficient (Wildman–Crippen LogP) is 2.43. The lowest BCUT2D eigenvalue weighted by molar-refractivity contribution is 0.594. The average molecular weight is 202 g/mol. The summed E-state index contributed by atoms with van der Waals surface area (Å²) in [5.74, 6) is 2.17. The second-order valence-corrected chi connectivity index (χ2v) is 4.33. The van der Waals surface area contributed by atoms with E-state index in [1.165, 1.54) is 5.56 Å². The van der Waals surface area contributed by atoms with Crippen molar-refractivity contribution < 1.29 is 0 Å². The summed E-state index contributed by atoms with van der Waals surface area (Å²) in [4.78, 5) is 4.54. The van der Waals surface area contributed by atoms with Gasteiger partial charge in [-0.3, -0.25) is 4.99 Å². The Bertz CT molecular complexity index is 341. The lowest BCUT2D eigenvalue weighted by Crippen LogP contribution is -2.28. The van der Waals surface area contributed by atoms with Crippen LogP contribution in [0.5, 0.6) is 0 Å². The monoisotopic (exact) mass is 202 g/mol. The van der Waals surface area contributed by atoms with Gasteiger partial charge < -0.3 is 5.32 Å². The zero-order valence-electron chi connectivity index (χ0n) is 9.40. The molecule has 15 heavy (non-hydrogen) atoms. The minimum absolute atomic E-state index is 0.425. The van der Waals surface area contributed by atoms with Crippen LogP contribution in [0, 0.1) is 5.92 Å². The van der Waals surface area contributed by atoms with Crippen LogP contribution in [0.25, 0.3) is 0 Å². The second kappa shape index (κ2) is 4.47. The van der Waals surface area contributed by atoms with Crippen LogP contribution in [-0.2, 0) is 0 Å². The molecule has 1 aliphatic rings. The third-order valence-electron chi connectivity index (χ3n) is 2.82. The third-order valence-corrected chi connectivity index (χ3v) is 2.82. The van der Waals surface area contributed by atoms with Crippen molar-refractivity contribution in [2.24, 2.45) is 10.9 Å². The number of benzene rings is 1. The summed E-state index contributed by atoms with van der Waals surface area (Å²) in [5, 5.41) is 3.39. The van der Waals surface area contributed by atoms with E-state index in [1.54, 1.807) is 0 Å². The highest BCUT2D eigenvalue weighted by Crippen LogP contribution is 2.25. The van der Waals surface area contributed by atoms with Gasteiger partial charge in [0.05, 0.1) is 6.54 Å². The van der Waals surface area contributed by atoms with Crippen LogP contribution in [0.1, 0.15) is 25.3 Å². The fraction of sp³-hybridized carbons (Fsp3) is 0.462. The predicted molar refractivity (Wildman–Crippen MR) is 64.3 cm³/mol. The van der Waals surface area contributed by atoms with E-state index >= 15 is 0 Å². The topological polar surface area (TPSA) is 24.4 Å². The highest BCUT2D eigenvalue weighted by molar-refractivity contribution is 5.90. The van der Waals surface area contributed by atoms with Gasteiger partial charge in [0.1, 0.15) is 5.84 Å². The van der Waals surface area contributed by atoms with Gasteiger partial charge in [-0.05, 0) is 11.5 Å². The summed E-state index contributed by atoms with van der Waals surface area (Å²) in [6, 6.07) is 10.6. The molecule has 0 spiro atoms. The minimum atomic E-state index is 0.425. The molecule has 1 N–H and O–H groups in total. The smallest absolute Gasteiger partial charge is 0.104 e. The Balaban J connectivity index is 2.28. The number of nitrogens with one attached hydrogen (secondary N) is 1. The molecule has 0 radical (unpaired) electrons. The van der Waals surface area contributed by atoms with E-state index in [-0.39, 0.29) is 0 Å². The maximum absolute atomic E-state index is 4.54. The quantitative estimate of drug-likeness (QED) is 0.800. The van der Waals surface area contributed by atoms with Crippen molar-refractivity contribution in [1.29, 1.82) is 0 Å². The fourth-order valence-corrected chi connectivity index (χ4v) is 2.14. The molecule has 2 rings (SSSR count). The molecule has 0 aliphatic carbocycles. The van der Waals surface area contributed by atoms with Crippen molar-refractivity contribution in [3.63, 3.8) is 0 Å². The van der Waals surface area contributed by atoms with Crippen molar-refractivity contribution in [3.8, 4) is 0 Å². The van der Waals surface area contributed by atoms with Crippen LogP contribution < -0.4 is 5.32 Å². The van der Waals surface area contributed by atoms with Gasteiger partial charge in [-0.25, -0.2) is 0 Å². The van der Waals surface area contributed by atoms with E-state index in [4.69, 9.17) is 0 Å². The zero-order chi connectivity index (χ0) is 10.7. The van der Waals surface area contributed by atoms with E-state index in [2.05, 4.69) is 54.5 Å². The molecule has 0 aromatic heterocycles. The summed E-state index contributed by atoms with van der Waals surface area (Å²) in [7, 11) is 0. The van der Waals surface area contributed by atoms with E-state index in [1.807, 2.05) is 0 Å². The molecule has 1 aliphatic heterocycles. The molecule has 1 aromatic carbocycles. The van der Waals surface area contributed by atoms with Gasteiger partial charge in [-0.2, -0.15) is 0 Å². The largest absolute Gasteiger partial charge is 0.371 e. The van der Waals surface area contributed by atoms with Gasteiger partial charge >= 0.3 is 0 Å². The molecule has 0 saturated heterocycles. The average Bonchev–Trinajstić information content (AvgIpc) is 2.72. The lowest BCUT2D eigenvalue weighted by atomic mass is 9.87. The Morgan fingerprint density at radius 3 is 2.47 bits per heavy atom. The molecular formula is C13H18N2. The SMILES string of the molecule is CC(C)[C@H](C1=NCCN1)c1ccccc1. The van der Waals surface area contributed by atoms with Gasteiger partial charge in [0, 0.05) is 12.5 Å². The summed E-state index contributed by atoms with van der Waals surface area (Å²) >= 11 is 0. The lowest BCUT2D eigenvalue weighted by Gasteiger charge is -2.21. The molecule has 0 amide bonds. The molecule has 0 saturated carbocycles. The maximum Gasteiger partial charge on any atom is 0.104 e. The number of amidine groups is 1. The van der Waals surface area contributed by atoms with Crippen LogP contribution >= 0.6 is 0 Å². The third kappa shape index (κ3) is 2.20. The Kier molecular flexibility index (Phi) is 3.05. The molecular weight excluding hydrogens is 184 g/mol. The normalized spacial score (nSPS) is 17.4. The van der Waals surface area contributed by atoms with Crippen molar-refractivity contribution in [3.05, 3.63) is 35.9 Å². The first kappa shape index (κ1) is 10.2. The minimum Gasteiger partial charge on any atom is -0.371 e. The van der Waals surface area contributed by atoms with Gasteiger partial charge in [-0.15, -0.1) is 0 Å². The molecule has 2 nitrogen and oxygen atoms in total. The fourth-order valence-electron chi connectivity index (χ4n) is 2.14. The molecule has 1 aromatic rings. The standard InChI is InChI=1S/C13H18N2/c1-10(2)12(13-14-8-9-15-13)11-6-4-3-5-7-11/h3-7,10,12H,8-9H2,1-2H3,(H,14,15)/t12-/m0/s1. The molecule has 0 fully saturated rings. The highest BCUT2D eigenvalue weighted by Gasteiger charge is 2.23. The zero-order valence-corrected chi connectivity index (χ0v) is 9.40. The summed E-state index contributed by atoms with van der Waals surface area (Å²) < 4.78 is 0. The molecule has 2 heteroatoms. The van der Waals surface area contributed by atoms with E-state index < -0.39 is 0 Å². The molecule has 0 unspecified atom stereocenters. The van der Waals surface area contributed by atoms with Gasteiger partial charge in [0.2, 0.25) is 0 Å². The molecule has 80 valence electrons. The number of nitrogens with zero attached hydrogens (tertiary/aromatic N) is 1. The van der Waals surface area contributed by atoms with Crippen molar-refractivity contribution >= 4 is 5.84 Å². The number of aliphatic imine (C=N–C) groups is 1. The van der Waals surface area contributed by atoms with Crippen molar-refractivity contribution in [2.45, 2.75) is 19.8 Å². The highest BCUT2D eigenvalue weighted by atomic mass is 15.1. The summed E-state index contributed by atoms with van der Waals surface area (Å²) in [5.41, 5.74) is 1.36. The number of hydrogen-bond acceptors (Lipinski definition) is 2. The molecule has 1 heterocycles. The van der Waals surface area contributed by atoms with Gasteiger partial charge in [0.15, 0.2) is 0 Å². The Morgan fingerprint density at radius 2 is 1.93 bits per heavy atom. The van der Waals surface area contributed by atoms with Crippen LogP contribution in [0.15, 0.2) is 35.3 Å².